The summed E-state index contributed by atoms with van der Waals surface area (Å²) in [6.45, 7) is 17.3. The van der Waals surface area contributed by atoms with E-state index in [4.69, 9.17) is 11.6 Å². The summed E-state index contributed by atoms with van der Waals surface area (Å²) in [7, 11) is 0. The van der Waals surface area contributed by atoms with Crippen LogP contribution in [0.1, 0.15) is 65.6 Å². The number of rotatable bonds is 6. The van der Waals surface area contributed by atoms with Crippen molar-refractivity contribution in [3.05, 3.63) is 28.5 Å². The molecule has 0 unspecified atom stereocenters. The van der Waals surface area contributed by atoms with E-state index >= 15 is 0 Å². The second-order valence-electron chi connectivity index (χ2n) is 6.87. The van der Waals surface area contributed by atoms with Crippen LogP contribution in [0.5, 0.6) is 0 Å². The van der Waals surface area contributed by atoms with Crippen molar-refractivity contribution in [3.63, 3.8) is 0 Å². The van der Waals surface area contributed by atoms with Gasteiger partial charge in [0.05, 0.1) is 5.02 Å². The Morgan fingerprint density at radius 1 is 1.07 bits per heavy atom. The first-order valence-corrected chi connectivity index (χ1v) is 12.6. The third kappa shape index (κ3) is 6.96. The third-order valence-corrected chi connectivity index (χ3v) is 5.82. The molecule has 1 fully saturated rings. The van der Waals surface area contributed by atoms with Gasteiger partial charge in [-0.1, -0.05) is 66.0 Å². The molecule has 0 aromatic carbocycles. The molecule has 0 amide bonds. The first-order valence-electron chi connectivity index (χ1n) is 11.1. The van der Waals surface area contributed by atoms with E-state index in [1.165, 1.54) is 47.7 Å². The molecule has 0 spiro atoms. The van der Waals surface area contributed by atoms with Gasteiger partial charge in [-0.3, -0.25) is 4.90 Å². The summed E-state index contributed by atoms with van der Waals surface area (Å²) in [5.41, 5.74) is 4.01. The second kappa shape index (κ2) is 14.3. The fraction of sp³-hybridized carbons (Fsp3) is 0.696. The Labute approximate surface area is 182 Å². The lowest BCUT2D eigenvalue weighted by Gasteiger charge is -2.26. The van der Waals surface area contributed by atoms with Gasteiger partial charge in [0.1, 0.15) is 5.65 Å². The monoisotopic (exact) mass is 425 g/mol. The molecule has 2 aromatic rings. The Morgan fingerprint density at radius 3 is 2.29 bits per heavy atom. The fourth-order valence-electron chi connectivity index (χ4n) is 3.54. The van der Waals surface area contributed by atoms with Crippen LogP contribution in [0.4, 0.5) is 0 Å². The van der Waals surface area contributed by atoms with Crippen LogP contribution < -0.4 is 0 Å². The van der Waals surface area contributed by atoms with Gasteiger partial charge in [-0.25, -0.2) is 4.98 Å². The quantitative estimate of drug-likeness (QED) is 0.513. The summed E-state index contributed by atoms with van der Waals surface area (Å²) in [5.74, 6) is 2.53. The van der Waals surface area contributed by atoms with Crippen LogP contribution in [0.3, 0.4) is 0 Å². The number of halogens is 1. The minimum atomic E-state index is 0.737. The molecule has 0 atom stereocenters. The Hall–Kier alpha value is -0.710. The van der Waals surface area contributed by atoms with E-state index in [0.29, 0.717) is 0 Å². The minimum absolute atomic E-state index is 0.737. The zero-order valence-electron chi connectivity index (χ0n) is 18.9. The molecule has 2 aromatic heterocycles. The van der Waals surface area contributed by atoms with Crippen LogP contribution in [0, 0.1) is 0 Å². The molecule has 1 aliphatic rings. The van der Waals surface area contributed by atoms with E-state index in [1.807, 2.05) is 13.8 Å². The first kappa shape index (κ1) is 25.3. The van der Waals surface area contributed by atoms with Gasteiger partial charge in [-0.15, -0.1) is 0 Å². The van der Waals surface area contributed by atoms with Crippen LogP contribution in [0.25, 0.3) is 11.0 Å². The highest BCUT2D eigenvalue weighted by Crippen LogP contribution is 2.28. The lowest BCUT2D eigenvalue weighted by molar-refractivity contribution is 0.289. The molecule has 0 radical (unpaired) electrons. The summed E-state index contributed by atoms with van der Waals surface area (Å²) in [6, 6.07) is 2.09. The van der Waals surface area contributed by atoms with Gasteiger partial charge in [0.15, 0.2) is 0 Å². The van der Waals surface area contributed by atoms with Crippen molar-refractivity contribution in [1.29, 1.82) is 0 Å². The van der Waals surface area contributed by atoms with Crippen molar-refractivity contribution in [1.82, 2.24) is 14.5 Å². The van der Waals surface area contributed by atoms with E-state index < -0.39 is 0 Å². The maximum absolute atomic E-state index is 6.20. The molecule has 0 saturated carbocycles. The first-order chi connectivity index (χ1) is 13.7. The Balaban J connectivity index is 0.000000717. The molecule has 28 heavy (non-hydrogen) atoms. The number of hydrogen-bond donors (Lipinski definition) is 0. The van der Waals surface area contributed by atoms with E-state index in [9.17, 15) is 0 Å². The second-order valence-corrected chi connectivity index (χ2v) is 8.53. The number of fused-ring (bicyclic) bond motifs is 1. The number of aryl methyl sites for hydroxylation is 1. The Morgan fingerprint density at radius 2 is 1.71 bits per heavy atom. The standard InChI is InChI=1S/C18H26ClN3S.C3H8.C2H6/c1-3-5-17-15(4-2)16-12-14(19)13-20-18(16)22(17)7-6-21-8-10-23-11-9-21;1-3-2;1-2/h12-13H,3-11H2,1-2H3;3H2,1-2H3;1-2H3. The highest BCUT2D eigenvalue weighted by atomic mass is 35.5. The molecular weight excluding hydrogens is 386 g/mol. The van der Waals surface area contributed by atoms with Crippen LogP contribution in [-0.4, -0.2) is 45.6 Å². The van der Waals surface area contributed by atoms with Gasteiger partial charge in [-0.2, -0.15) is 11.8 Å². The predicted molar refractivity (Wildman–Crippen MR) is 129 cm³/mol. The fourth-order valence-corrected chi connectivity index (χ4v) is 4.68. The summed E-state index contributed by atoms with van der Waals surface area (Å²) in [5, 5.41) is 1.98. The number of hydrogen-bond acceptors (Lipinski definition) is 3. The summed E-state index contributed by atoms with van der Waals surface area (Å²) in [4.78, 5) is 7.25. The van der Waals surface area contributed by atoms with Crippen molar-refractivity contribution in [2.75, 3.05) is 31.1 Å². The van der Waals surface area contributed by atoms with Crippen molar-refractivity contribution >= 4 is 34.4 Å². The molecule has 0 bridgehead atoms. The normalized spacial score (nSPS) is 14.2. The maximum Gasteiger partial charge on any atom is 0.140 e. The number of aromatic nitrogens is 2. The van der Waals surface area contributed by atoms with Gasteiger partial charge in [-0.05, 0) is 24.5 Å². The van der Waals surface area contributed by atoms with Crippen molar-refractivity contribution in [2.24, 2.45) is 0 Å². The van der Waals surface area contributed by atoms with Gasteiger partial charge < -0.3 is 4.57 Å². The molecule has 3 nitrogen and oxygen atoms in total. The minimum Gasteiger partial charge on any atom is -0.328 e. The van der Waals surface area contributed by atoms with Crippen molar-refractivity contribution in [2.45, 2.75) is 73.8 Å². The van der Waals surface area contributed by atoms with E-state index in [0.717, 1.165) is 43.0 Å². The third-order valence-electron chi connectivity index (χ3n) is 4.67. The molecule has 3 rings (SSSR count). The molecule has 1 saturated heterocycles. The van der Waals surface area contributed by atoms with Gasteiger partial charge >= 0.3 is 0 Å². The van der Waals surface area contributed by atoms with Gasteiger partial charge in [0.2, 0.25) is 0 Å². The molecule has 3 heterocycles. The van der Waals surface area contributed by atoms with Gasteiger partial charge in [0, 0.05) is 55.0 Å². The maximum atomic E-state index is 6.20. The van der Waals surface area contributed by atoms with Crippen LogP contribution >= 0.6 is 23.4 Å². The topological polar surface area (TPSA) is 21.1 Å². The molecular formula is C23H40ClN3S. The molecule has 5 heteroatoms. The predicted octanol–water partition coefficient (Wildman–Crippen LogP) is 6.70. The lowest BCUT2D eigenvalue weighted by atomic mass is 10.1. The number of nitrogens with zero attached hydrogens (tertiary/aromatic N) is 3. The number of pyridine rings is 1. The Kier molecular flexibility index (Phi) is 12.9. The van der Waals surface area contributed by atoms with Crippen LogP contribution in [0.15, 0.2) is 12.3 Å². The molecule has 0 aliphatic carbocycles. The zero-order valence-corrected chi connectivity index (χ0v) is 20.4. The van der Waals surface area contributed by atoms with Crippen molar-refractivity contribution < 1.29 is 0 Å². The highest BCUT2D eigenvalue weighted by Gasteiger charge is 2.18. The SMILES string of the molecule is CC.CCC.CCCc1c(CC)c2cc(Cl)cnc2n1CCN1CCSCC1. The summed E-state index contributed by atoms with van der Waals surface area (Å²) < 4.78 is 2.45. The average Bonchev–Trinajstić information content (AvgIpc) is 3.01. The zero-order chi connectivity index (χ0) is 20.9. The average molecular weight is 426 g/mol. The largest absolute Gasteiger partial charge is 0.328 e. The van der Waals surface area contributed by atoms with E-state index in [2.05, 4.69) is 60.0 Å². The Bertz CT molecular complexity index is 678. The van der Waals surface area contributed by atoms with E-state index in [-0.39, 0.29) is 0 Å². The van der Waals surface area contributed by atoms with E-state index in [1.54, 1.807) is 6.20 Å². The molecule has 160 valence electrons. The molecule has 1 aliphatic heterocycles. The lowest BCUT2D eigenvalue weighted by Crippen LogP contribution is -2.35. The van der Waals surface area contributed by atoms with Gasteiger partial charge in [0.25, 0.3) is 0 Å². The van der Waals surface area contributed by atoms with Crippen LogP contribution in [0.2, 0.25) is 5.02 Å². The summed E-state index contributed by atoms with van der Waals surface area (Å²) >= 11 is 8.27. The smallest absolute Gasteiger partial charge is 0.140 e. The molecule has 0 N–H and O–H groups in total. The highest BCUT2D eigenvalue weighted by molar-refractivity contribution is 7.99. The van der Waals surface area contributed by atoms with Crippen LogP contribution in [-0.2, 0) is 19.4 Å². The summed E-state index contributed by atoms with van der Waals surface area (Å²) in [6.07, 6.45) is 6.36. The number of thioether (sulfide) groups is 1. The van der Waals surface area contributed by atoms with Crippen molar-refractivity contribution in [3.8, 4) is 0 Å².